The molecule has 27 heavy (non-hydrogen) atoms. The van der Waals surface area contributed by atoms with E-state index in [1.165, 1.54) is 26.2 Å². The molecule has 3 aromatic rings. The fourth-order valence-corrected chi connectivity index (χ4v) is 3.44. The first kappa shape index (κ1) is 18.7. The number of aromatic amines is 1. The van der Waals surface area contributed by atoms with Gasteiger partial charge in [0, 0.05) is 31.9 Å². The molecule has 1 amide bonds. The number of carbonyl (C=O) groups excluding carboxylic acids is 1. The zero-order valence-corrected chi connectivity index (χ0v) is 16.0. The molecule has 0 aliphatic carbocycles. The van der Waals surface area contributed by atoms with Crippen LogP contribution in [0.3, 0.4) is 0 Å². The van der Waals surface area contributed by atoms with Gasteiger partial charge in [-0.3, -0.25) is 4.79 Å². The van der Waals surface area contributed by atoms with Crippen molar-refractivity contribution in [2.24, 2.45) is 0 Å². The van der Waals surface area contributed by atoms with Crippen molar-refractivity contribution in [2.45, 2.75) is 11.8 Å². The SMILES string of the molecule is Cc1cc(NC(=O)c2cccc(S(=O)(=O)N(C)C)c2)[n+](-c2ccccn2)[nH]1. The molecule has 0 saturated carbocycles. The number of hydrogen-bond donors (Lipinski definition) is 2. The number of nitrogens with zero attached hydrogens (tertiary/aromatic N) is 3. The summed E-state index contributed by atoms with van der Waals surface area (Å²) in [5.74, 6) is 0.691. The third kappa shape index (κ3) is 3.88. The number of anilines is 1. The van der Waals surface area contributed by atoms with Crippen LogP contribution in [0.2, 0.25) is 0 Å². The molecule has 0 spiro atoms. The fraction of sp³-hybridized carbons (Fsp3) is 0.167. The van der Waals surface area contributed by atoms with Gasteiger partial charge in [0.25, 0.3) is 11.6 Å². The Kier molecular flexibility index (Phi) is 5.06. The molecule has 0 unspecified atom stereocenters. The van der Waals surface area contributed by atoms with Gasteiger partial charge in [-0.05, 0) is 31.2 Å². The Morgan fingerprint density at radius 3 is 2.59 bits per heavy atom. The summed E-state index contributed by atoms with van der Waals surface area (Å²) in [6.07, 6.45) is 1.65. The first-order valence-electron chi connectivity index (χ1n) is 8.16. The van der Waals surface area contributed by atoms with Crippen LogP contribution in [0.4, 0.5) is 5.82 Å². The first-order valence-corrected chi connectivity index (χ1v) is 9.60. The van der Waals surface area contributed by atoms with Crippen molar-refractivity contribution in [3.05, 3.63) is 66.0 Å². The fourth-order valence-electron chi connectivity index (χ4n) is 2.49. The monoisotopic (exact) mass is 386 g/mol. The van der Waals surface area contributed by atoms with Crippen LogP contribution >= 0.6 is 0 Å². The maximum Gasteiger partial charge on any atom is 0.311 e. The number of nitrogens with one attached hydrogen (secondary N) is 2. The lowest BCUT2D eigenvalue weighted by molar-refractivity contribution is -0.645. The molecular formula is C18H20N5O3S+. The number of carbonyl (C=O) groups is 1. The average Bonchev–Trinajstić information content (AvgIpc) is 3.02. The van der Waals surface area contributed by atoms with Gasteiger partial charge < -0.3 is 0 Å². The second-order valence-electron chi connectivity index (χ2n) is 6.12. The zero-order chi connectivity index (χ0) is 19.6. The topological polar surface area (TPSA) is 99.0 Å². The predicted octanol–water partition coefficient (Wildman–Crippen LogP) is 1.50. The lowest BCUT2D eigenvalue weighted by Crippen LogP contribution is -2.38. The Morgan fingerprint density at radius 2 is 1.93 bits per heavy atom. The standard InChI is InChI=1S/C18H19N5O3S/c1-13-11-17(23(21-13)16-9-4-5-10-19-16)20-18(24)14-7-6-8-15(12-14)27(25,26)22(2)3/h4-12H,1-3H3,(H,20,21,24)/p+1. The number of benzene rings is 1. The highest BCUT2D eigenvalue weighted by atomic mass is 32.2. The molecule has 140 valence electrons. The minimum atomic E-state index is -3.62. The summed E-state index contributed by atoms with van der Waals surface area (Å²) in [7, 11) is -0.731. The molecule has 0 saturated heterocycles. The third-order valence-electron chi connectivity index (χ3n) is 3.88. The van der Waals surface area contributed by atoms with Gasteiger partial charge in [0.05, 0.1) is 10.5 Å². The summed E-state index contributed by atoms with van der Waals surface area (Å²) < 4.78 is 27.3. The summed E-state index contributed by atoms with van der Waals surface area (Å²) in [5, 5.41) is 5.90. The number of pyridine rings is 1. The highest BCUT2D eigenvalue weighted by Gasteiger charge is 2.22. The Balaban J connectivity index is 1.92. The van der Waals surface area contributed by atoms with E-state index in [4.69, 9.17) is 0 Å². The van der Waals surface area contributed by atoms with Crippen molar-refractivity contribution in [2.75, 3.05) is 19.4 Å². The summed E-state index contributed by atoms with van der Waals surface area (Å²) in [6.45, 7) is 1.86. The largest absolute Gasteiger partial charge is 0.311 e. The highest BCUT2D eigenvalue weighted by molar-refractivity contribution is 7.89. The van der Waals surface area contributed by atoms with Crippen molar-refractivity contribution < 1.29 is 17.9 Å². The summed E-state index contributed by atoms with van der Waals surface area (Å²) >= 11 is 0. The van der Waals surface area contributed by atoms with Gasteiger partial charge in [-0.1, -0.05) is 12.1 Å². The first-order chi connectivity index (χ1) is 12.8. The lowest BCUT2D eigenvalue weighted by atomic mass is 10.2. The molecule has 3 rings (SSSR count). The average molecular weight is 386 g/mol. The molecule has 8 nitrogen and oxygen atoms in total. The van der Waals surface area contributed by atoms with Gasteiger partial charge >= 0.3 is 5.91 Å². The molecule has 0 fully saturated rings. The van der Waals surface area contributed by atoms with Crippen molar-refractivity contribution in [1.29, 1.82) is 0 Å². The molecule has 0 aliphatic rings. The minimum absolute atomic E-state index is 0.0583. The van der Waals surface area contributed by atoms with Gasteiger partial charge in [-0.2, -0.15) is 0 Å². The van der Waals surface area contributed by atoms with Crippen LogP contribution in [0.15, 0.2) is 59.6 Å². The molecule has 1 aromatic carbocycles. The molecule has 9 heteroatoms. The van der Waals surface area contributed by atoms with Crippen LogP contribution < -0.4 is 10.00 Å². The van der Waals surface area contributed by atoms with Crippen LogP contribution in [0.1, 0.15) is 16.1 Å². The Morgan fingerprint density at radius 1 is 1.15 bits per heavy atom. The van der Waals surface area contributed by atoms with Crippen molar-refractivity contribution >= 4 is 21.7 Å². The maximum absolute atomic E-state index is 12.7. The molecular weight excluding hydrogens is 366 g/mol. The quantitative estimate of drug-likeness (QED) is 0.649. The van der Waals surface area contributed by atoms with Gasteiger partial charge in [0.15, 0.2) is 0 Å². The smallest absolute Gasteiger partial charge is 0.251 e. The van der Waals surface area contributed by atoms with E-state index in [0.717, 1.165) is 10.00 Å². The molecule has 0 radical (unpaired) electrons. The number of aryl methyl sites for hydroxylation is 1. The molecule has 2 aromatic heterocycles. The highest BCUT2D eigenvalue weighted by Crippen LogP contribution is 2.16. The van der Waals surface area contributed by atoms with E-state index in [9.17, 15) is 13.2 Å². The van der Waals surface area contributed by atoms with Gasteiger partial charge in [0.2, 0.25) is 10.0 Å². The zero-order valence-electron chi connectivity index (χ0n) is 15.2. The van der Waals surface area contributed by atoms with Crippen LogP contribution in [-0.2, 0) is 10.0 Å². The van der Waals surface area contributed by atoms with E-state index in [1.807, 2.05) is 13.0 Å². The van der Waals surface area contributed by atoms with Crippen molar-refractivity contribution in [1.82, 2.24) is 14.4 Å². The van der Waals surface area contributed by atoms with Crippen LogP contribution in [0, 0.1) is 6.92 Å². The van der Waals surface area contributed by atoms with Crippen LogP contribution in [0.5, 0.6) is 0 Å². The van der Waals surface area contributed by atoms with Gasteiger partial charge in [-0.15, -0.1) is 9.67 Å². The Hall–Kier alpha value is -3.04. The Bertz CT molecular complexity index is 1080. The van der Waals surface area contributed by atoms with Crippen molar-refractivity contribution in [3.63, 3.8) is 0 Å². The van der Waals surface area contributed by atoms with Crippen LogP contribution in [-0.4, -0.2) is 42.8 Å². The molecule has 2 heterocycles. The molecule has 2 N–H and O–H groups in total. The van der Waals surface area contributed by atoms with E-state index in [0.29, 0.717) is 11.6 Å². The maximum atomic E-state index is 12.7. The normalized spacial score (nSPS) is 11.6. The summed E-state index contributed by atoms with van der Waals surface area (Å²) in [6, 6.07) is 13.1. The van der Waals surface area contributed by atoms with E-state index in [1.54, 1.807) is 41.2 Å². The van der Waals surface area contributed by atoms with Gasteiger partial charge in [0.1, 0.15) is 6.20 Å². The molecule has 0 atom stereocenters. The van der Waals surface area contributed by atoms with E-state index in [2.05, 4.69) is 15.4 Å². The number of H-pyrrole nitrogens is 1. The number of rotatable bonds is 5. The van der Waals surface area contributed by atoms with E-state index < -0.39 is 15.9 Å². The molecule has 0 aliphatic heterocycles. The number of sulfonamides is 1. The van der Waals surface area contributed by atoms with Gasteiger partial charge in [-0.25, -0.2) is 23.1 Å². The van der Waals surface area contributed by atoms with Crippen molar-refractivity contribution in [3.8, 4) is 5.82 Å². The minimum Gasteiger partial charge on any atom is -0.251 e. The summed E-state index contributed by atoms with van der Waals surface area (Å²) in [5.41, 5.74) is 1.07. The Labute approximate surface area is 157 Å². The van der Waals surface area contributed by atoms with Crippen LogP contribution in [0.25, 0.3) is 5.82 Å². The number of amides is 1. The number of hydrogen-bond acceptors (Lipinski definition) is 4. The van der Waals surface area contributed by atoms with E-state index >= 15 is 0 Å². The predicted molar refractivity (Wildman–Crippen MR) is 100 cm³/mol. The lowest BCUT2D eigenvalue weighted by Gasteiger charge is -2.11. The second-order valence-corrected chi connectivity index (χ2v) is 8.27. The second kappa shape index (κ2) is 7.29. The summed E-state index contributed by atoms with van der Waals surface area (Å²) in [4.78, 5) is 17.0. The number of aromatic nitrogens is 3. The molecule has 0 bridgehead atoms. The third-order valence-corrected chi connectivity index (χ3v) is 5.69. The van der Waals surface area contributed by atoms with E-state index in [-0.39, 0.29) is 10.5 Å².